The van der Waals surface area contributed by atoms with E-state index in [2.05, 4.69) is 10.3 Å². The minimum Gasteiger partial charge on any atom is -0.426 e. The van der Waals surface area contributed by atoms with Crippen LogP contribution in [-0.4, -0.2) is 52.3 Å². The number of amides is 1. The third-order valence-corrected chi connectivity index (χ3v) is 6.58. The first-order valence-corrected chi connectivity index (χ1v) is 11.5. The Hall–Kier alpha value is -2.21. The molecule has 0 saturated heterocycles. The molecule has 0 aliphatic heterocycles. The van der Waals surface area contributed by atoms with Gasteiger partial charge in [0.25, 0.3) is 5.96 Å². The maximum Gasteiger partial charge on any atom is 0.475 e. The summed E-state index contributed by atoms with van der Waals surface area (Å²) in [6, 6.07) is 0. The summed E-state index contributed by atoms with van der Waals surface area (Å²) in [5.74, 6) is -0.875. The number of nitrogens with zero attached hydrogens (tertiary/aromatic N) is 2. The molecular formula is C20H36BN5O6. The Kier molecular flexibility index (Phi) is 9.89. The fraction of sp³-hybridized carbons (Fsp3) is 0.850. The van der Waals surface area contributed by atoms with Crippen molar-refractivity contribution in [3.05, 3.63) is 10.1 Å². The number of nitrogens with two attached hydrogens (primary N) is 1. The predicted octanol–water partition coefficient (Wildman–Crippen LogP) is 0.417. The van der Waals surface area contributed by atoms with E-state index in [1.807, 2.05) is 13.8 Å². The van der Waals surface area contributed by atoms with Gasteiger partial charge >= 0.3 is 7.12 Å². The van der Waals surface area contributed by atoms with Crippen LogP contribution in [0.25, 0.3) is 0 Å². The number of hydrogen-bond donors (Lipinski definition) is 5. The van der Waals surface area contributed by atoms with Crippen molar-refractivity contribution in [2.75, 3.05) is 6.54 Å². The summed E-state index contributed by atoms with van der Waals surface area (Å²) in [6.45, 7) is 3.99. The zero-order valence-corrected chi connectivity index (χ0v) is 18.9. The van der Waals surface area contributed by atoms with Gasteiger partial charge in [-0.25, -0.2) is 15.1 Å². The van der Waals surface area contributed by atoms with E-state index in [1.54, 1.807) is 5.43 Å². The summed E-state index contributed by atoms with van der Waals surface area (Å²) < 4.78 is 0. The quantitative estimate of drug-likeness (QED) is 0.0664. The molecule has 0 aromatic heterocycles. The van der Waals surface area contributed by atoms with E-state index in [1.165, 1.54) is 6.42 Å². The molecule has 0 aromatic carbocycles. The molecule has 2 aliphatic carbocycles. The molecule has 32 heavy (non-hydrogen) atoms. The number of aliphatic imine (C=N–C) groups is 1. The van der Waals surface area contributed by atoms with Crippen LogP contribution in [0.4, 0.5) is 0 Å². The van der Waals surface area contributed by atoms with Crippen molar-refractivity contribution in [3.63, 3.8) is 0 Å². The van der Waals surface area contributed by atoms with Crippen LogP contribution in [-0.2, 0) is 9.59 Å². The topological polar surface area (TPSA) is 180 Å². The number of nitro groups is 1. The molecule has 0 heterocycles. The smallest absolute Gasteiger partial charge is 0.426 e. The van der Waals surface area contributed by atoms with Gasteiger partial charge in [0.1, 0.15) is 5.78 Å². The van der Waals surface area contributed by atoms with Crippen LogP contribution in [0.15, 0.2) is 4.99 Å². The zero-order valence-electron chi connectivity index (χ0n) is 18.9. The molecule has 11 nitrogen and oxygen atoms in total. The van der Waals surface area contributed by atoms with Crippen molar-refractivity contribution in [2.24, 2.45) is 40.3 Å². The van der Waals surface area contributed by atoms with E-state index < -0.39 is 24.0 Å². The van der Waals surface area contributed by atoms with E-state index >= 15 is 0 Å². The maximum atomic E-state index is 13.0. The number of ketones is 1. The van der Waals surface area contributed by atoms with Gasteiger partial charge in [-0.1, -0.05) is 25.7 Å². The lowest BCUT2D eigenvalue weighted by atomic mass is 9.74. The molecule has 3 unspecified atom stereocenters. The SMILES string of the molecule is CC(C)C[C@H](NC(=O)[C@H](CCCN=C(N)N[N+](=O)[O-])CC(=O)C1CC2CCC1C2)B(O)O. The van der Waals surface area contributed by atoms with Crippen molar-refractivity contribution in [3.8, 4) is 0 Å². The summed E-state index contributed by atoms with van der Waals surface area (Å²) in [5, 5.41) is 31.6. The van der Waals surface area contributed by atoms with Gasteiger partial charge in [0.15, 0.2) is 5.03 Å². The largest absolute Gasteiger partial charge is 0.475 e. The van der Waals surface area contributed by atoms with Crippen molar-refractivity contribution >= 4 is 24.8 Å². The second-order valence-electron chi connectivity index (χ2n) is 9.59. The first-order chi connectivity index (χ1) is 15.1. The first-order valence-electron chi connectivity index (χ1n) is 11.5. The lowest BCUT2D eigenvalue weighted by Crippen LogP contribution is -2.49. The summed E-state index contributed by atoms with van der Waals surface area (Å²) in [6.07, 6.45) is 5.48. The van der Waals surface area contributed by atoms with Crippen molar-refractivity contribution < 1.29 is 24.7 Å². The lowest BCUT2D eigenvalue weighted by Gasteiger charge is -2.25. The predicted molar refractivity (Wildman–Crippen MR) is 119 cm³/mol. The normalized spacial score (nSPS) is 24.3. The Morgan fingerprint density at radius 3 is 2.53 bits per heavy atom. The van der Waals surface area contributed by atoms with Crippen molar-refractivity contribution in [2.45, 2.75) is 71.2 Å². The third kappa shape index (κ3) is 8.05. The Morgan fingerprint density at radius 1 is 1.28 bits per heavy atom. The zero-order chi connectivity index (χ0) is 23.8. The number of nitrogens with one attached hydrogen (secondary N) is 2. The number of guanidine groups is 1. The van der Waals surface area contributed by atoms with Crippen LogP contribution < -0.4 is 16.5 Å². The van der Waals surface area contributed by atoms with Gasteiger partial charge in [-0.3, -0.25) is 9.59 Å². The highest BCUT2D eigenvalue weighted by Crippen LogP contribution is 2.49. The lowest BCUT2D eigenvalue weighted by molar-refractivity contribution is -0.525. The van der Waals surface area contributed by atoms with Crippen LogP contribution in [0.5, 0.6) is 0 Å². The van der Waals surface area contributed by atoms with E-state index in [0.717, 1.165) is 19.3 Å². The van der Waals surface area contributed by atoms with Gasteiger partial charge < -0.3 is 21.1 Å². The minimum absolute atomic E-state index is 0.0110. The second-order valence-corrected chi connectivity index (χ2v) is 9.59. The molecular weight excluding hydrogens is 417 g/mol. The molecule has 6 N–H and O–H groups in total. The average Bonchev–Trinajstić information content (AvgIpc) is 3.32. The molecule has 2 bridgehead atoms. The fourth-order valence-electron chi connectivity index (χ4n) is 5.09. The Labute approximate surface area is 188 Å². The molecule has 12 heteroatoms. The summed E-state index contributed by atoms with van der Waals surface area (Å²) in [4.78, 5) is 40.2. The fourth-order valence-corrected chi connectivity index (χ4v) is 5.09. The molecule has 0 aromatic rings. The molecule has 0 spiro atoms. The maximum absolute atomic E-state index is 13.0. The van der Waals surface area contributed by atoms with Gasteiger partial charge in [-0.05, 0) is 56.3 Å². The third-order valence-electron chi connectivity index (χ3n) is 6.58. The molecule has 2 aliphatic rings. The first kappa shape index (κ1) is 26.1. The monoisotopic (exact) mass is 453 g/mol. The van der Waals surface area contributed by atoms with E-state index in [9.17, 15) is 29.8 Å². The number of carbonyl (C=O) groups excluding carboxylic acids is 2. The van der Waals surface area contributed by atoms with E-state index in [-0.39, 0.29) is 42.5 Å². The number of Topliss-reactive ketones (excluding diaryl/α,β-unsaturated/α-hetero) is 1. The molecule has 2 fully saturated rings. The summed E-state index contributed by atoms with van der Waals surface area (Å²) in [5.41, 5.74) is 7.16. The number of rotatable bonds is 13. The van der Waals surface area contributed by atoms with Gasteiger partial charge in [0.2, 0.25) is 5.91 Å². The van der Waals surface area contributed by atoms with Gasteiger partial charge in [0.05, 0.1) is 5.94 Å². The molecule has 1 amide bonds. The van der Waals surface area contributed by atoms with Crippen LogP contribution in [0.2, 0.25) is 0 Å². The van der Waals surface area contributed by atoms with Crippen LogP contribution in [0, 0.1) is 39.7 Å². The van der Waals surface area contributed by atoms with Crippen molar-refractivity contribution in [1.82, 2.24) is 10.7 Å². The van der Waals surface area contributed by atoms with Crippen LogP contribution >= 0.6 is 0 Å². The van der Waals surface area contributed by atoms with Crippen molar-refractivity contribution in [1.29, 1.82) is 0 Å². The molecule has 2 saturated carbocycles. The molecule has 180 valence electrons. The second kappa shape index (κ2) is 12.1. The summed E-state index contributed by atoms with van der Waals surface area (Å²) in [7, 11) is -1.69. The Morgan fingerprint density at radius 2 is 2.00 bits per heavy atom. The van der Waals surface area contributed by atoms with Gasteiger partial charge in [-0.15, -0.1) is 0 Å². The van der Waals surface area contributed by atoms with Crippen LogP contribution in [0.3, 0.4) is 0 Å². The number of carbonyl (C=O) groups is 2. The Bertz CT molecular complexity index is 704. The van der Waals surface area contributed by atoms with E-state index in [4.69, 9.17) is 5.73 Å². The molecule has 5 atom stereocenters. The minimum atomic E-state index is -1.69. The summed E-state index contributed by atoms with van der Waals surface area (Å²) >= 11 is 0. The highest BCUT2D eigenvalue weighted by molar-refractivity contribution is 6.43. The Balaban J connectivity index is 1.99. The number of fused-ring (bicyclic) bond motifs is 2. The number of hydrazine groups is 1. The van der Waals surface area contributed by atoms with E-state index in [0.29, 0.717) is 31.1 Å². The standard InChI is InChI=1S/C20H36BN5O6/c1-12(2)8-18(21(29)30)24-19(28)15(4-3-7-23-20(22)25-26(31)32)11-17(27)16-10-13-5-6-14(16)9-13/h12-16,18,29-30H,3-11H2,1-2H3,(H,24,28)(H3,22,23,25)/t13?,14?,15-,16?,18+/m1/s1. The highest BCUT2D eigenvalue weighted by atomic mass is 16.7. The van der Waals surface area contributed by atoms with Gasteiger partial charge in [0, 0.05) is 24.8 Å². The number of hydrogen-bond acceptors (Lipinski definition) is 7. The molecule has 2 rings (SSSR count). The van der Waals surface area contributed by atoms with Crippen LogP contribution in [0.1, 0.15) is 65.2 Å². The molecule has 0 radical (unpaired) electrons. The highest BCUT2D eigenvalue weighted by Gasteiger charge is 2.43. The van der Waals surface area contributed by atoms with Gasteiger partial charge in [-0.2, -0.15) is 0 Å². The average molecular weight is 453 g/mol.